The molecule has 1 aliphatic rings. The Hall–Kier alpha value is -3.78. The maximum absolute atomic E-state index is 12.5. The summed E-state index contributed by atoms with van der Waals surface area (Å²) in [5.41, 5.74) is 1.89. The summed E-state index contributed by atoms with van der Waals surface area (Å²) in [6.45, 7) is 0.549. The van der Waals surface area contributed by atoms with E-state index < -0.39 is 5.97 Å². The Morgan fingerprint density at radius 1 is 1.09 bits per heavy atom. The normalized spacial score (nSPS) is 13.6. The number of nitrogens with one attached hydrogen (secondary N) is 1. The van der Waals surface area contributed by atoms with Crippen molar-refractivity contribution in [3.8, 4) is 10.4 Å². The van der Waals surface area contributed by atoms with Crippen molar-refractivity contribution < 1.29 is 14.3 Å². The maximum atomic E-state index is 12.5. The number of hydrogen-bond donors (Lipinski definition) is 1. The number of rotatable bonds is 5. The van der Waals surface area contributed by atoms with E-state index in [0.717, 1.165) is 22.5 Å². The van der Waals surface area contributed by atoms with Crippen molar-refractivity contribution in [2.24, 2.45) is 0 Å². The zero-order chi connectivity index (χ0) is 22.1. The Morgan fingerprint density at radius 3 is 2.59 bits per heavy atom. The SMILES string of the molecule is O=C(OCc1nc2sc(-c3ccccc3)cc2c(=O)[nH]1)c1ccc(N2CCCC2=O)cc1. The average molecular weight is 446 g/mol. The smallest absolute Gasteiger partial charge is 0.338 e. The van der Waals surface area contributed by atoms with Crippen LogP contribution < -0.4 is 10.5 Å². The van der Waals surface area contributed by atoms with E-state index in [1.54, 1.807) is 29.2 Å². The number of hydrogen-bond acceptors (Lipinski definition) is 6. The molecule has 0 atom stereocenters. The van der Waals surface area contributed by atoms with Crippen molar-refractivity contribution >= 4 is 39.1 Å². The zero-order valence-corrected chi connectivity index (χ0v) is 17.9. The van der Waals surface area contributed by atoms with Gasteiger partial charge in [0, 0.05) is 23.5 Å². The second kappa shape index (κ2) is 8.39. The molecule has 0 unspecified atom stereocenters. The van der Waals surface area contributed by atoms with Gasteiger partial charge in [0.15, 0.2) is 0 Å². The summed E-state index contributed by atoms with van der Waals surface area (Å²) in [6, 6.07) is 18.3. The van der Waals surface area contributed by atoms with Gasteiger partial charge in [-0.2, -0.15) is 0 Å². The first kappa shape index (κ1) is 20.1. The van der Waals surface area contributed by atoms with Gasteiger partial charge in [0.1, 0.15) is 17.3 Å². The number of thiophene rings is 1. The van der Waals surface area contributed by atoms with Crippen molar-refractivity contribution in [3.63, 3.8) is 0 Å². The van der Waals surface area contributed by atoms with E-state index in [-0.39, 0.29) is 23.9 Å². The minimum atomic E-state index is -0.525. The lowest BCUT2D eigenvalue weighted by Gasteiger charge is -2.15. The highest BCUT2D eigenvalue weighted by molar-refractivity contribution is 7.21. The van der Waals surface area contributed by atoms with Crippen molar-refractivity contribution in [2.45, 2.75) is 19.4 Å². The second-order valence-electron chi connectivity index (χ2n) is 7.48. The number of ether oxygens (including phenoxy) is 1. The largest absolute Gasteiger partial charge is 0.454 e. The third kappa shape index (κ3) is 3.92. The summed E-state index contributed by atoms with van der Waals surface area (Å²) in [4.78, 5) is 47.2. The summed E-state index contributed by atoms with van der Waals surface area (Å²) in [7, 11) is 0. The molecule has 0 spiro atoms. The van der Waals surface area contributed by atoms with Crippen LogP contribution in [0.15, 0.2) is 65.5 Å². The standard InChI is InChI=1S/C24H19N3O4S/c28-21-7-4-12-27(21)17-10-8-16(9-11-17)24(30)31-14-20-25-22(29)18-13-19(32-23(18)26-20)15-5-2-1-3-6-15/h1-3,5-6,8-11,13H,4,7,12,14H2,(H,25,26,29). The van der Waals surface area contributed by atoms with Gasteiger partial charge < -0.3 is 14.6 Å². The molecule has 0 aliphatic carbocycles. The van der Waals surface area contributed by atoms with Crippen molar-refractivity contribution in [1.29, 1.82) is 0 Å². The number of H-pyrrole nitrogens is 1. The first-order chi connectivity index (χ1) is 15.6. The quantitative estimate of drug-likeness (QED) is 0.466. The number of nitrogens with zero attached hydrogens (tertiary/aromatic N) is 2. The number of anilines is 1. The third-order valence-electron chi connectivity index (χ3n) is 5.34. The molecule has 2 aromatic carbocycles. The van der Waals surface area contributed by atoms with E-state index in [4.69, 9.17) is 4.74 Å². The minimum absolute atomic E-state index is 0.0924. The molecule has 0 saturated carbocycles. The molecule has 7 nitrogen and oxygen atoms in total. The Labute approximate surface area is 187 Å². The molecule has 0 radical (unpaired) electrons. The summed E-state index contributed by atoms with van der Waals surface area (Å²) in [6.07, 6.45) is 1.39. The van der Waals surface area contributed by atoms with Gasteiger partial charge in [0.05, 0.1) is 10.9 Å². The van der Waals surface area contributed by atoms with E-state index in [1.807, 2.05) is 36.4 Å². The number of amides is 1. The molecule has 32 heavy (non-hydrogen) atoms. The number of carbonyl (C=O) groups excluding carboxylic acids is 2. The predicted octanol–water partition coefficient (Wildman–Crippen LogP) is 4.14. The predicted molar refractivity (Wildman–Crippen MR) is 123 cm³/mol. The molecule has 8 heteroatoms. The third-order valence-corrected chi connectivity index (χ3v) is 6.42. The Kier molecular flexibility index (Phi) is 5.28. The molecule has 1 aliphatic heterocycles. The molecule has 5 rings (SSSR count). The first-order valence-corrected chi connectivity index (χ1v) is 11.1. The van der Waals surface area contributed by atoms with Crippen LogP contribution in [0, 0.1) is 0 Å². The molecular formula is C24H19N3O4S. The monoisotopic (exact) mass is 445 g/mol. The van der Waals surface area contributed by atoms with Crippen LogP contribution in [0.1, 0.15) is 29.0 Å². The topological polar surface area (TPSA) is 92.4 Å². The molecule has 1 fully saturated rings. The van der Waals surface area contributed by atoms with Crippen molar-refractivity contribution in [2.75, 3.05) is 11.4 Å². The number of benzene rings is 2. The molecule has 1 amide bonds. The molecule has 4 aromatic rings. The molecule has 0 bridgehead atoms. The van der Waals surface area contributed by atoms with Crippen LogP contribution in [-0.4, -0.2) is 28.4 Å². The maximum Gasteiger partial charge on any atom is 0.338 e. The van der Waals surface area contributed by atoms with E-state index in [2.05, 4.69) is 9.97 Å². The molecule has 1 N–H and O–H groups in total. The highest BCUT2D eigenvalue weighted by Crippen LogP contribution is 2.30. The van der Waals surface area contributed by atoms with Crippen LogP contribution in [0.3, 0.4) is 0 Å². The van der Waals surface area contributed by atoms with Crippen LogP contribution in [0.4, 0.5) is 5.69 Å². The minimum Gasteiger partial charge on any atom is -0.454 e. The van der Waals surface area contributed by atoms with E-state index in [9.17, 15) is 14.4 Å². The molecule has 3 heterocycles. The fourth-order valence-corrected chi connectivity index (χ4v) is 4.76. The van der Waals surface area contributed by atoms with E-state index in [1.165, 1.54) is 11.3 Å². The highest BCUT2D eigenvalue weighted by atomic mass is 32.1. The number of aromatic nitrogens is 2. The van der Waals surface area contributed by atoms with Gasteiger partial charge in [0.2, 0.25) is 5.91 Å². The first-order valence-electron chi connectivity index (χ1n) is 10.2. The van der Waals surface area contributed by atoms with Crippen molar-refractivity contribution in [3.05, 3.63) is 82.4 Å². The fraction of sp³-hybridized carbons (Fsp3) is 0.167. The van der Waals surface area contributed by atoms with Crippen LogP contribution in [0.25, 0.3) is 20.7 Å². The summed E-state index contributed by atoms with van der Waals surface area (Å²) < 4.78 is 5.35. The van der Waals surface area contributed by atoms with Crippen molar-refractivity contribution in [1.82, 2.24) is 9.97 Å². The lowest BCUT2D eigenvalue weighted by molar-refractivity contribution is -0.117. The van der Waals surface area contributed by atoms with Gasteiger partial charge in [-0.05, 0) is 42.3 Å². The lowest BCUT2D eigenvalue weighted by atomic mass is 10.2. The lowest BCUT2D eigenvalue weighted by Crippen LogP contribution is -2.23. The molecule has 1 saturated heterocycles. The number of aromatic amines is 1. The molecular weight excluding hydrogens is 426 g/mol. The van der Waals surface area contributed by atoms with Gasteiger partial charge in [-0.25, -0.2) is 9.78 Å². The van der Waals surface area contributed by atoms with E-state index >= 15 is 0 Å². The number of fused-ring (bicyclic) bond motifs is 1. The van der Waals surface area contributed by atoms with Gasteiger partial charge in [0.25, 0.3) is 5.56 Å². The highest BCUT2D eigenvalue weighted by Gasteiger charge is 2.22. The van der Waals surface area contributed by atoms with Gasteiger partial charge in [-0.1, -0.05) is 30.3 Å². The van der Waals surface area contributed by atoms with Crippen LogP contribution in [-0.2, 0) is 16.1 Å². The van der Waals surface area contributed by atoms with Gasteiger partial charge in [-0.15, -0.1) is 11.3 Å². The summed E-state index contributed by atoms with van der Waals surface area (Å²) in [5.74, 6) is -0.144. The molecule has 160 valence electrons. The Balaban J connectivity index is 1.30. The van der Waals surface area contributed by atoms with Gasteiger partial charge >= 0.3 is 5.97 Å². The summed E-state index contributed by atoms with van der Waals surface area (Å²) in [5, 5.41) is 0.510. The van der Waals surface area contributed by atoms with Gasteiger partial charge in [-0.3, -0.25) is 9.59 Å². The average Bonchev–Trinajstić information content (AvgIpc) is 3.45. The molecule has 2 aromatic heterocycles. The number of esters is 1. The Bertz CT molecular complexity index is 1360. The van der Waals surface area contributed by atoms with Crippen LogP contribution >= 0.6 is 11.3 Å². The zero-order valence-electron chi connectivity index (χ0n) is 17.0. The van der Waals surface area contributed by atoms with Crippen LogP contribution in [0.2, 0.25) is 0 Å². The van der Waals surface area contributed by atoms with E-state index in [0.29, 0.717) is 28.7 Å². The second-order valence-corrected chi connectivity index (χ2v) is 8.51. The fourth-order valence-electron chi connectivity index (χ4n) is 3.70. The Morgan fingerprint density at radius 2 is 1.88 bits per heavy atom. The number of carbonyl (C=O) groups is 2. The van der Waals surface area contributed by atoms with Crippen LogP contribution in [0.5, 0.6) is 0 Å². The summed E-state index contributed by atoms with van der Waals surface area (Å²) >= 11 is 1.42.